The number of hydrogen-bond donors (Lipinski definition) is 1. The maximum Gasteiger partial charge on any atom is 0.0639 e. The molecule has 2 atom stereocenters. The van der Waals surface area contributed by atoms with Gasteiger partial charge in [-0.3, -0.25) is 0 Å². The third-order valence-electron chi connectivity index (χ3n) is 3.88. The van der Waals surface area contributed by atoms with Crippen molar-refractivity contribution in [1.29, 1.82) is 0 Å². The van der Waals surface area contributed by atoms with Gasteiger partial charge in [0.05, 0.1) is 16.1 Å². The summed E-state index contributed by atoms with van der Waals surface area (Å²) in [5, 5.41) is 12.3. The summed E-state index contributed by atoms with van der Waals surface area (Å²) < 4.78 is 0. The molecule has 2 aromatic rings. The molecular formula is C17H15Cl2NO. The SMILES string of the molecule is CN(O)C1C=Cc2ccccc2C1c1ccc(Cl)c(Cl)c1. The van der Waals surface area contributed by atoms with Crippen LogP contribution in [0.3, 0.4) is 0 Å². The van der Waals surface area contributed by atoms with E-state index in [4.69, 9.17) is 23.2 Å². The fraction of sp³-hybridized carbons (Fsp3) is 0.176. The van der Waals surface area contributed by atoms with Crippen LogP contribution in [0.1, 0.15) is 22.6 Å². The number of halogens is 2. The van der Waals surface area contributed by atoms with E-state index in [1.807, 2.05) is 36.4 Å². The number of rotatable bonds is 2. The van der Waals surface area contributed by atoms with Crippen LogP contribution in [0.4, 0.5) is 0 Å². The van der Waals surface area contributed by atoms with Gasteiger partial charge in [-0.05, 0) is 28.8 Å². The molecular weight excluding hydrogens is 305 g/mol. The van der Waals surface area contributed by atoms with Crippen LogP contribution < -0.4 is 0 Å². The van der Waals surface area contributed by atoms with Crippen molar-refractivity contribution < 1.29 is 5.21 Å². The summed E-state index contributed by atoms with van der Waals surface area (Å²) in [5.74, 6) is 0.0102. The van der Waals surface area contributed by atoms with Gasteiger partial charge in [0.25, 0.3) is 0 Å². The van der Waals surface area contributed by atoms with Crippen molar-refractivity contribution in [3.05, 3.63) is 75.3 Å². The molecule has 0 radical (unpaired) electrons. The molecule has 2 unspecified atom stereocenters. The topological polar surface area (TPSA) is 23.5 Å². The maximum absolute atomic E-state index is 9.98. The Morgan fingerprint density at radius 1 is 1.05 bits per heavy atom. The van der Waals surface area contributed by atoms with Crippen LogP contribution in [0.25, 0.3) is 6.08 Å². The van der Waals surface area contributed by atoms with Crippen LogP contribution in [-0.2, 0) is 0 Å². The van der Waals surface area contributed by atoms with Gasteiger partial charge in [-0.25, -0.2) is 0 Å². The second-order valence-electron chi connectivity index (χ2n) is 5.20. The van der Waals surface area contributed by atoms with Crippen LogP contribution in [-0.4, -0.2) is 23.4 Å². The Balaban J connectivity index is 2.15. The number of hydroxylamine groups is 2. The normalized spacial score (nSPS) is 20.6. The van der Waals surface area contributed by atoms with E-state index in [0.29, 0.717) is 10.0 Å². The van der Waals surface area contributed by atoms with Gasteiger partial charge in [0.2, 0.25) is 0 Å². The zero-order chi connectivity index (χ0) is 15.0. The lowest BCUT2D eigenvalue weighted by Gasteiger charge is -2.33. The van der Waals surface area contributed by atoms with Crippen LogP contribution in [0.5, 0.6) is 0 Å². The molecule has 4 heteroatoms. The molecule has 0 amide bonds. The van der Waals surface area contributed by atoms with E-state index in [1.54, 1.807) is 13.1 Å². The van der Waals surface area contributed by atoms with Crippen LogP contribution in [0.15, 0.2) is 48.5 Å². The number of fused-ring (bicyclic) bond motifs is 1. The van der Waals surface area contributed by atoms with Gasteiger partial charge < -0.3 is 5.21 Å². The van der Waals surface area contributed by atoms with Crippen LogP contribution in [0.2, 0.25) is 10.0 Å². The van der Waals surface area contributed by atoms with Gasteiger partial charge in [0.1, 0.15) is 0 Å². The van der Waals surface area contributed by atoms with Crippen LogP contribution >= 0.6 is 23.2 Å². The van der Waals surface area contributed by atoms with Crippen molar-refractivity contribution in [2.45, 2.75) is 12.0 Å². The Bertz CT molecular complexity index is 697. The first-order valence-corrected chi connectivity index (χ1v) is 7.47. The minimum atomic E-state index is -0.142. The zero-order valence-corrected chi connectivity index (χ0v) is 13.0. The molecule has 1 aliphatic carbocycles. The molecule has 0 aromatic heterocycles. The summed E-state index contributed by atoms with van der Waals surface area (Å²) >= 11 is 12.2. The molecule has 2 aromatic carbocycles. The third-order valence-corrected chi connectivity index (χ3v) is 4.62. The minimum Gasteiger partial charge on any atom is -0.314 e. The van der Waals surface area contributed by atoms with Gasteiger partial charge in [-0.1, -0.05) is 65.7 Å². The number of benzene rings is 2. The van der Waals surface area contributed by atoms with E-state index in [0.717, 1.165) is 11.1 Å². The molecule has 2 nitrogen and oxygen atoms in total. The Morgan fingerprint density at radius 2 is 1.81 bits per heavy atom. The van der Waals surface area contributed by atoms with E-state index in [1.165, 1.54) is 10.6 Å². The van der Waals surface area contributed by atoms with Gasteiger partial charge in [0, 0.05) is 13.0 Å². The molecule has 0 saturated carbocycles. The predicted molar refractivity (Wildman–Crippen MR) is 87.1 cm³/mol. The second kappa shape index (κ2) is 5.82. The van der Waals surface area contributed by atoms with E-state index >= 15 is 0 Å². The predicted octanol–water partition coefficient (Wildman–Crippen LogP) is 4.84. The van der Waals surface area contributed by atoms with Crippen molar-refractivity contribution in [2.75, 3.05) is 7.05 Å². The first-order chi connectivity index (χ1) is 10.1. The van der Waals surface area contributed by atoms with E-state index < -0.39 is 0 Å². The highest BCUT2D eigenvalue weighted by atomic mass is 35.5. The Kier molecular flexibility index (Phi) is 4.05. The average Bonchev–Trinajstić information content (AvgIpc) is 2.49. The molecule has 0 spiro atoms. The molecule has 3 rings (SSSR count). The van der Waals surface area contributed by atoms with Crippen molar-refractivity contribution in [2.24, 2.45) is 0 Å². The zero-order valence-electron chi connectivity index (χ0n) is 11.5. The quantitative estimate of drug-likeness (QED) is 0.800. The Morgan fingerprint density at radius 3 is 2.52 bits per heavy atom. The smallest absolute Gasteiger partial charge is 0.0639 e. The second-order valence-corrected chi connectivity index (χ2v) is 6.02. The molecule has 1 N–H and O–H groups in total. The molecule has 0 bridgehead atoms. The number of hydrogen-bond acceptors (Lipinski definition) is 2. The first kappa shape index (κ1) is 14.6. The largest absolute Gasteiger partial charge is 0.314 e. The summed E-state index contributed by atoms with van der Waals surface area (Å²) in [6, 6.07) is 13.7. The monoisotopic (exact) mass is 319 g/mol. The summed E-state index contributed by atoms with van der Waals surface area (Å²) in [6.45, 7) is 0. The first-order valence-electron chi connectivity index (χ1n) is 6.71. The fourth-order valence-electron chi connectivity index (χ4n) is 2.87. The molecule has 0 heterocycles. The van der Waals surface area contributed by atoms with Gasteiger partial charge in [-0.15, -0.1) is 0 Å². The highest BCUT2D eigenvalue weighted by Gasteiger charge is 2.30. The van der Waals surface area contributed by atoms with Crippen molar-refractivity contribution >= 4 is 29.3 Å². The van der Waals surface area contributed by atoms with Crippen molar-refractivity contribution in [3.63, 3.8) is 0 Å². The summed E-state index contributed by atoms with van der Waals surface area (Å²) in [7, 11) is 1.66. The van der Waals surface area contributed by atoms with Crippen molar-refractivity contribution in [3.8, 4) is 0 Å². The molecule has 108 valence electrons. The summed E-state index contributed by atoms with van der Waals surface area (Å²) in [6.07, 6.45) is 4.05. The molecule has 21 heavy (non-hydrogen) atoms. The van der Waals surface area contributed by atoms with E-state index in [-0.39, 0.29) is 12.0 Å². The van der Waals surface area contributed by atoms with Crippen molar-refractivity contribution in [1.82, 2.24) is 5.06 Å². The molecule has 0 fully saturated rings. The lowest BCUT2D eigenvalue weighted by molar-refractivity contribution is -0.0919. The third kappa shape index (κ3) is 2.72. The standard InChI is InChI=1S/C17H15Cl2NO/c1-20(21)16-9-7-11-4-2-3-5-13(11)17(16)12-6-8-14(18)15(19)10-12/h2-10,16-17,21H,1H3. The summed E-state index contributed by atoms with van der Waals surface area (Å²) in [4.78, 5) is 0. The van der Waals surface area contributed by atoms with Gasteiger partial charge >= 0.3 is 0 Å². The van der Waals surface area contributed by atoms with Gasteiger partial charge in [-0.2, -0.15) is 5.06 Å². The minimum absolute atomic E-state index is 0.0102. The lowest BCUT2D eigenvalue weighted by atomic mass is 9.79. The average molecular weight is 320 g/mol. The fourth-order valence-corrected chi connectivity index (χ4v) is 3.17. The molecule has 0 saturated heterocycles. The summed E-state index contributed by atoms with van der Waals surface area (Å²) in [5.41, 5.74) is 3.36. The van der Waals surface area contributed by atoms with Gasteiger partial charge in [0.15, 0.2) is 0 Å². The van der Waals surface area contributed by atoms with E-state index in [9.17, 15) is 5.21 Å². The maximum atomic E-state index is 9.98. The Hall–Kier alpha value is -1.32. The highest BCUT2D eigenvalue weighted by molar-refractivity contribution is 6.42. The van der Waals surface area contributed by atoms with Crippen LogP contribution in [0, 0.1) is 0 Å². The molecule has 0 aliphatic heterocycles. The molecule has 1 aliphatic rings. The number of likely N-dealkylation sites (N-methyl/N-ethyl adjacent to an activating group) is 1. The highest BCUT2D eigenvalue weighted by Crippen LogP contribution is 2.38. The van der Waals surface area contributed by atoms with E-state index in [2.05, 4.69) is 12.1 Å². The Labute approximate surface area is 134 Å². The number of nitrogens with zero attached hydrogens (tertiary/aromatic N) is 1. The lowest BCUT2D eigenvalue weighted by Crippen LogP contribution is -2.35.